The Morgan fingerprint density at radius 2 is 2.06 bits per heavy atom. The molecule has 4 N–H and O–H groups in total. The number of anilines is 1. The van der Waals surface area contributed by atoms with Gasteiger partial charge < -0.3 is 16.2 Å². The van der Waals surface area contributed by atoms with E-state index in [1.807, 2.05) is 18.2 Å². The molecule has 0 unspecified atom stereocenters. The Kier molecular flexibility index (Phi) is 3.09. The number of carbonyl (C=O) groups is 1. The highest BCUT2D eigenvalue weighted by Crippen LogP contribution is 2.23. The number of nitrogens with zero attached hydrogens (tertiary/aromatic N) is 2. The quantitative estimate of drug-likeness (QED) is 0.832. The van der Waals surface area contributed by atoms with Gasteiger partial charge in [0.15, 0.2) is 0 Å². The number of hydrogen-bond donors (Lipinski definition) is 2. The topological polar surface area (TPSA) is 104 Å². The monoisotopic (exact) mass is 244 g/mol. The molecule has 1 aromatic carbocycles. The minimum absolute atomic E-state index is 0.00381. The number of ether oxygens (including phenoxy) is 1. The predicted molar refractivity (Wildman–Crippen MR) is 67.0 cm³/mol. The second kappa shape index (κ2) is 4.70. The van der Waals surface area contributed by atoms with Crippen molar-refractivity contribution in [2.75, 3.05) is 12.8 Å². The Balaban J connectivity index is 2.52. The zero-order valence-electron chi connectivity index (χ0n) is 9.75. The molecule has 1 heterocycles. The van der Waals surface area contributed by atoms with Gasteiger partial charge in [-0.15, -0.1) is 0 Å². The molecule has 0 spiro atoms. The van der Waals surface area contributed by atoms with Crippen LogP contribution in [-0.4, -0.2) is 23.0 Å². The number of nitrogen functional groups attached to an aromatic ring is 1. The third-order valence-corrected chi connectivity index (χ3v) is 2.36. The molecule has 0 aliphatic carbocycles. The van der Waals surface area contributed by atoms with E-state index in [9.17, 15) is 4.79 Å². The molecule has 0 saturated heterocycles. The number of benzene rings is 1. The van der Waals surface area contributed by atoms with Crippen LogP contribution >= 0.6 is 0 Å². The molecule has 2 aromatic rings. The summed E-state index contributed by atoms with van der Waals surface area (Å²) in [5.74, 6) is 0.0441. The first-order valence-electron chi connectivity index (χ1n) is 5.19. The van der Waals surface area contributed by atoms with E-state index >= 15 is 0 Å². The number of aromatic nitrogens is 2. The Morgan fingerprint density at radius 1 is 1.28 bits per heavy atom. The van der Waals surface area contributed by atoms with Crippen LogP contribution in [0.15, 0.2) is 30.3 Å². The van der Waals surface area contributed by atoms with Crippen LogP contribution < -0.4 is 16.2 Å². The molecule has 2 rings (SSSR count). The zero-order valence-corrected chi connectivity index (χ0v) is 9.75. The number of amides is 1. The van der Waals surface area contributed by atoms with Crippen LogP contribution in [0.3, 0.4) is 0 Å². The summed E-state index contributed by atoms with van der Waals surface area (Å²) < 4.78 is 5.12. The number of nitrogens with two attached hydrogens (primary N) is 2. The van der Waals surface area contributed by atoms with Gasteiger partial charge in [-0.3, -0.25) is 4.79 Å². The molecule has 6 nitrogen and oxygen atoms in total. The molecule has 0 saturated carbocycles. The Morgan fingerprint density at radius 3 is 2.72 bits per heavy atom. The van der Waals surface area contributed by atoms with Gasteiger partial charge in [0, 0.05) is 5.56 Å². The average molecular weight is 244 g/mol. The third-order valence-electron chi connectivity index (χ3n) is 2.36. The molecule has 1 aromatic heterocycles. The number of hydrogen-bond acceptors (Lipinski definition) is 5. The second-order valence-corrected chi connectivity index (χ2v) is 3.59. The van der Waals surface area contributed by atoms with Crippen molar-refractivity contribution in [3.63, 3.8) is 0 Å². The fourth-order valence-electron chi connectivity index (χ4n) is 1.52. The minimum Gasteiger partial charge on any atom is -0.497 e. The lowest BCUT2D eigenvalue weighted by Crippen LogP contribution is -2.15. The van der Waals surface area contributed by atoms with Crippen LogP contribution in [-0.2, 0) is 0 Å². The summed E-state index contributed by atoms with van der Waals surface area (Å²) in [6, 6.07) is 8.73. The van der Waals surface area contributed by atoms with E-state index in [0.29, 0.717) is 11.4 Å². The van der Waals surface area contributed by atoms with Crippen molar-refractivity contribution in [1.82, 2.24) is 9.97 Å². The summed E-state index contributed by atoms with van der Waals surface area (Å²) in [6.45, 7) is 0. The Bertz CT molecular complexity index is 598. The van der Waals surface area contributed by atoms with Crippen molar-refractivity contribution in [2.45, 2.75) is 0 Å². The SMILES string of the molecule is COc1cccc(-c2cc(C(N)=O)nc(N)n2)c1. The van der Waals surface area contributed by atoms with E-state index in [1.54, 1.807) is 13.2 Å². The van der Waals surface area contributed by atoms with Crippen molar-refractivity contribution in [3.8, 4) is 17.0 Å². The van der Waals surface area contributed by atoms with Crippen LogP contribution in [0.4, 0.5) is 5.95 Å². The maximum atomic E-state index is 11.1. The highest BCUT2D eigenvalue weighted by molar-refractivity contribution is 5.92. The van der Waals surface area contributed by atoms with E-state index < -0.39 is 5.91 Å². The molecule has 6 heteroatoms. The van der Waals surface area contributed by atoms with Crippen LogP contribution in [0.1, 0.15) is 10.5 Å². The van der Waals surface area contributed by atoms with E-state index in [0.717, 1.165) is 5.56 Å². The smallest absolute Gasteiger partial charge is 0.267 e. The summed E-state index contributed by atoms with van der Waals surface area (Å²) in [4.78, 5) is 18.9. The molecule has 1 amide bonds. The van der Waals surface area contributed by atoms with Crippen molar-refractivity contribution in [3.05, 3.63) is 36.0 Å². The zero-order chi connectivity index (χ0) is 13.1. The number of rotatable bonds is 3. The van der Waals surface area contributed by atoms with Crippen LogP contribution in [0.5, 0.6) is 5.75 Å². The molecule has 0 atom stereocenters. The van der Waals surface area contributed by atoms with Crippen molar-refractivity contribution >= 4 is 11.9 Å². The minimum atomic E-state index is -0.645. The maximum Gasteiger partial charge on any atom is 0.267 e. The highest BCUT2D eigenvalue weighted by Gasteiger charge is 2.09. The van der Waals surface area contributed by atoms with Crippen LogP contribution in [0.2, 0.25) is 0 Å². The maximum absolute atomic E-state index is 11.1. The van der Waals surface area contributed by atoms with Gasteiger partial charge in [-0.1, -0.05) is 12.1 Å². The summed E-state index contributed by atoms with van der Waals surface area (Å²) >= 11 is 0. The standard InChI is InChI=1S/C12H12N4O2/c1-18-8-4-2-3-7(5-8)9-6-10(11(13)17)16-12(14)15-9/h2-6H,1H3,(H2,13,17)(H2,14,15,16). The van der Waals surface area contributed by atoms with Crippen molar-refractivity contribution in [1.29, 1.82) is 0 Å². The molecular formula is C12H12N4O2. The second-order valence-electron chi connectivity index (χ2n) is 3.59. The first-order chi connectivity index (χ1) is 8.60. The van der Waals surface area contributed by atoms with E-state index in [2.05, 4.69) is 9.97 Å². The predicted octanol–water partition coefficient (Wildman–Crippen LogP) is 0.833. The number of primary amides is 1. The van der Waals surface area contributed by atoms with Crippen molar-refractivity contribution < 1.29 is 9.53 Å². The lowest BCUT2D eigenvalue weighted by molar-refractivity contribution is 0.0995. The van der Waals surface area contributed by atoms with Gasteiger partial charge in [0.1, 0.15) is 11.4 Å². The fraction of sp³-hybridized carbons (Fsp3) is 0.0833. The molecule has 0 aliphatic heterocycles. The summed E-state index contributed by atoms with van der Waals surface area (Å²) in [7, 11) is 1.57. The van der Waals surface area contributed by atoms with Gasteiger partial charge in [-0.25, -0.2) is 9.97 Å². The van der Waals surface area contributed by atoms with E-state index in [1.165, 1.54) is 6.07 Å². The van der Waals surface area contributed by atoms with Gasteiger partial charge in [0.05, 0.1) is 12.8 Å². The third kappa shape index (κ3) is 2.37. The average Bonchev–Trinajstić information content (AvgIpc) is 2.38. The summed E-state index contributed by atoms with van der Waals surface area (Å²) in [6.07, 6.45) is 0. The number of methoxy groups -OCH3 is 1. The lowest BCUT2D eigenvalue weighted by Gasteiger charge is -2.05. The first kappa shape index (κ1) is 11.8. The Hall–Kier alpha value is -2.63. The Labute approximate surface area is 104 Å². The molecular weight excluding hydrogens is 232 g/mol. The lowest BCUT2D eigenvalue weighted by atomic mass is 10.1. The van der Waals surface area contributed by atoms with Gasteiger partial charge in [-0.2, -0.15) is 0 Å². The van der Waals surface area contributed by atoms with Crippen LogP contribution in [0, 0.1) is 0 Å². The van der Waals surface area contributed by atoms with Crippen LogP contribution in [0.25, 0.3) is 11.3 Å². The van der Waals surface area contributed by atoms with E-state index in [-0.39, 0.29) is 11.6 Å². The van der Waals surface area contributed by atoms with Gasteiger partial charge in [-0.05, 0) is 18.2 Å². The normalized spacial score (nSPS) is 10.1. The highest BCUT2D eigenvalue weighted by atomic mass is 16.5. The first-order valence-corrected chi connectivity index (χ1v) is 5.19. The molecule has 0 aliphatic rings. The molecule has 0 fully saturated rings. The van der Waals surface area contributed by atoms with Gasteiger partial charge in [0.25, 0.3) is 5.91 Å². The molecule has 18 heavy (non-hydrogen) atoms. The summed E-state index contributed by atoms with van der Waals surface area (Å²) in [5.41, 5.74) is 12.1. The fourth-order valence-corrected chi connectivity index (χ4v) is 1.52. The van der Waals surface area contributed by atoms with E-state index in [4.69, 9.17) is 16.2 Å². The van der Waals surface area contributed by atoms with Crippen molar-refractivity contribution in [2.24, 2.45) is 5.73 Å². The molecule has 0 bridgehead atoms. The van der Waals surface area contributed by atoms with Gasteiger partial charge in [0.2, 0.25) is 5.95 Å². The number of carbonyl (C=O) groups excluding carboxylic acids is 1. The van der Waals surface area contributed by atoms with Gasteiger partial charge >= 0.3 is 0 Å². The summed E-state index contributed by atoms with van der Waals surface area (Å²) in [5, 5.41) is 0. The largest absolute Gasteiger partial charge is 0.497 e. The molecule has 0 radical (unpaired) electrons. The molecule has 92 valence electrons.